The van der Waals surface area contributed by atoms with Crippen molar-refractivity contribution in [1.82, 2.24) is 19.9 Å². The third-order valence-corrected chi connectivity index (χ3v) is 17.6. The first-order valence-corrected chi connectivity index (χ1v) is 36.9. The average Bonchev–Trinajstić information content (AvgIpc) is 0.735. The molecule has 118 heavy (non-hydrogen) atoms. The molecule has 4 N–H and O–H groups in total. The maximum Gasteiger partial charge on any atom is 0.155 e. The number of fused-ring (bicyclic) bond motifs is 8. The molecule has 4 radical (unpaired) electrons. The van der Waals surface area contributed by atoms with E-state index >= 15 is 0 Å². The number of carbonyl (C=O) groups excluding carboxylic acids is 4. The van der Waals surface area contributed by atoms with Crippen LogP contribution in [0.2, 0.25) is 0 Å². The molecule has 0 aliphatic carbocycles. The van der Waals surface area contributed by atoms with Gasteiger partial charge in [0.25, 0.3) is 0 Å². The summed E-state index contributed by atoms with van der Waals surface area (Å²) in [5.74, 6) is -0.250. The summed E-state index contributed by atoms with van der Waals surface area (Å²) >= 11 is 0. The third kappa shape index (κ3) is 25.7. The van der Waals surface area contributed by atoms with Crippen molar-refractivity contribution in [1.29, 1.82) is 0 Å². The Morgan fingerprint density at radius 3 is 1.19 bits per heavy atom. The van der Waals surface area contributed by atoms with Crippen LogP contribution in [0.25, 0.3) is 153 Å². The second-order valence-electron chi connectivity index (χ2n) is 26.9. The van der Waals surface area contributed by atoms with Crippen molar-refractivity contribution >= 4 is 132 Å². The van der Waals surface area contributed by atoms with Crippen LogP contribution < -0.4 is 0 Å². The fourth-order valence-electron chi connectivity index (χ4n) is 12.9. The number of allylic oxidation sites excluding steroid dienone is 8. The zero-order chi connectivity index (χ0) is 80.6. The van der Waals surface area contributed by atoms with E-state index in [0.29, 0.717) is 0 Å². The molecule has 14 aromatic carbocycles. The minimum absolute atomic E-state index is 0. The smallest absolute Gasteiger partial charge is 0.155 e. The number of hydrogen-bond donors (Lipinski definition) is 4. The molecule has 0 spiro atoms. The van der Waals surface area contributed by atoms with Crippen LogP contribution in [0.1, 0.15) is 55.4 Å². The maximum absolute atomic E-state index is 10.0. The van der Waals surface area contributed by atoms with E-state index in [0.717, 1.165) is 82.9 Å². The molecule has 0 fully saturated rings. The Labute approximate surface area is 740 Å². The molecule has 18 rings (SSSR count). The summed E-state index contributed by atoms with van der Waals surface area (Å²) in [6.45, 7) is 11.4. The quantitative estimate of drug-likeness (QED) is 0.0369. The summed E-state index contributed by atoms with van der Waals surface area (Å²) in [6, 6.07) is 118. The first-order chi connectivity index (χ1) is 55.1. The van der Waals surface area contributed by atoms with Crippen LogP contribution in [0.5, 0.6) is 0 Å². The molecule has 0 amide bonds. The largest absolute Gasteiger partial charge is 0.512 e. The molecule has 0 aliphatic heterocycles. The molecular formula is C102H82Ir4N4O8-4. The SMILES string of the molecule is CC(=O)C=C(C)O.CC(=O)C=C(C)O.CC(=O)C=C(C)O.CC(=O)C=C(C)O.[Ir].[Ir].[Ir].[Ir].[c-]1cc(-c2ccccc2)ccc1-c1ccc2ccccc2n1.[c-]1cc2ccc3cccc4ccc(c1-c1ccc5ccccc5n1)c2c34.[c-]1ccc2ccccc2c1-c1ccc2ccccc2n1.[c-]1cccc2ccc3cc4ccccc4nc3c12. The number of aliphatic hydroxyl groups excluding tert-OH is 4. The molecule has 16 heteroatoms. The zero-order valence-corrected chi connectivity index (χ0v) is 75.3. The van der Waals surface area contributed by atoms with Gasteiger partial charge in [0.05, 0.1) is 45.1 Å². The Balaban J connectivity index is 0.000000195. The molecule has 598 valence electrons. The van der Waals surface area contributed by atoms with Crippen LogP contribution in [0.3, 0.4) is 0 Å². The van der Waals surface area contributed by atoms with Gasteiger partial charge in [0.2, 0.25) is 0 Å². The van der Waals surface area contributed by atoms with Gasteiger partial charge in [-0.05, 0) is 145 Å². The number of aliphatic hydroxyl groups is 4. The predicted molar refractivity (Wildman–Crippen MR) is 469 cm³/mol. The number of carbonyl (C=O) groups is 4. The van der Waals surface area contributed by atoms with Crippen molar-refractivity contribution < 1.29 is 120 Å². The van der Waals surface area contributed by atoms with Crippen molar-refractivity contribution in [3.05, 3.63) is 375 Å². The summed E-state index contributed by atoms with van der Waals surface area (Å²) in [6.07, 6.45) is 4.67. The molecule has 0 bridgehead atoms. The van der Waals surface area contributed by atoms with Gasteiger partial charge in [-0.15, -0.1) is 112 Å². The first kappa shape index (κ1) is 93.1. The Kier molecular flexibility index (Phi) is 35.9. The summed E-state index contributed by atoms with van der Waals surface area (Å²) in [5.41, 5.74) is 13.6. The summed E-state index contributed by atoms with van der Waals surface area (Å²) < 4.78 is 0. The van der Waals surface area contributed by atoms with Crippen LogP contribution in [-0.4, -0.2) is 63.5 Å². The standard InChI is InChI=1S/C25H14N.C21H14N.C19H12N.C17H10N.4C5H8O2.4Ir/c1-2-7-22-16(4-1)12-15-23(26-22)20-13-10-19-9-8-17-5-3-6-18-11-14-21(20)25(19)24(17)18;1-2-6-16(7-3-1)17-10-12-19(13-11-17)21-15-14-18-8-4-5-9-20(18)22-21;1-3-9-16-14(6-1)8-5-10-17(16)19-13-12-15-7-2-4-11-18(15)20-19;1-3-7-15-12(5-1)9-10-14-11-13-6-2-4-8-16(13)18-17(14)15;4*1-4(6)3-5(2)7;;;;/h1-12,14-15H;1-12,14-15H;1-9,11-13H;1-6,8-11H;4*3,6H,1-2H3;;;;/q4*-1;;;;;;;;. The van der Waals surface area contributed by atoms with Gasteiger partial charge in [0.1, 0.15) is 0 Å². The third-order valence-electron chi connectivity index (χ3n) is 17.6. The Morgan fingerprint density at radius 1 is 0.280 bits per heavy atom. The van der Waals surface area contributed by atoms with E-state index in [4.69, 9.17) is 40.4 Å². The van der Waals surface area contributed by atoms with Gasteiger partial charge in [-0.1, -0.05) is 257 Å². The maximum atomic E-state index is 10.0. The second kappa shape index (κ2) is 45.5. The van der Waals surface area contributed by atoms with Crippen LogP contribution in [-0.2, 0) is 99.6 Å². The molecule has 0 unspecified atom stereocenters. The van der Waals surface area contributed by atoms with Gasteiger partial charge in [-0.25, -0.2) is 0 Å². The van der Waals surface area contributed by atoms with Gasteiger partial charge < -0.3 is 20.4 Å². The van der Waals surface area contributed by atoms with Gasteiger partial charge in [0.15, 0.2) is 23.1 Å². The van der Waals surface area contributed by atoms with E-state index in [1.807, 2.05) is 103 Å². The molecule has 0 atom stereocenters. The van der Waals surface area contributed by atoms with Crippen molar-refractivity contribution in [2.24, 2.45) is 0 Å². The second-order valence-corrected chi connectivity index (χ2v) is 26.9. The number of benzene rings is 14. The molecule has 0 saturated carbocycles. The summed E-state index contributed by atoms with van der Waals surface area (Å²) in [4.78, 5) is 59.2. The Bertz CT molecular complexity index is 6480. The van der Waals surface area contributed by atoms with Crippen molar-refractivity contribution in [3.63, 3.8) is 0 Å². The predicted octanol–water partition coefficient (Wildman–Crippen LogP) is 25.3. The van der Waals surface area contributed by atoms with E-state index in [9.17, 15) is 19.2 Å². The van der Waals surface area contributed by atoms with E-state index in [2.05, 4.69) is 224 Å². The number of nitrogens with zero attached hydrogens (tertiary/aromatic N) is 4. The van der Waals surface area contributed by atoms with Gasteiger partial charge >= 0.3 is 0 Å². The first-order valence-electron chi connectivity index (χ1n) is 36.9. The molecule has 12 nitrogen and oxygen atoms in total. The summed E-state index contributed by atoms with van der Waals surface area (Å²) in [7, 11) is 0. The molecule has 0 saturated heterocycles. The van der Waals surface area contributed by atoms with E-state index < -0.39 is 0 Å². The van der Waals surface area contributed by atoms with Crippen LogP contribution in [0, 0.1) is 24.3 Å². The number of pyridine rings is 4. The van der Waals surface area contributed by atoms with Gasteiger partial charge in [-0.3, -0.25) is 39.1 Å². The monoisotopic (exact) mass is 2260 g/mol. The minimum Gasteiger partial charge on any atom is -0.512 e. The van der Waals surface area contributed by atoms with E-state index in [-0.39, 0.29) is 127 Å². The number of ketones is 4. The Hall–Kier alpha value is -12.0. The molecule has 4 heterocycles. The van der Waals surface area contributed by atoms with Crippen LogP contribution in [0.4, 0.5) is 0 Å². The minimum atomic E-state index is -0.125. The number of hydrogen-bond acceptors (Lipinski definition) is 12. The van der Waals surface area contributed by atoms with E-state index in [1.54, 1.807) is 0 Å². The average molecular weight is 2260 g/mol. The van der Waals surface area contributed by atoms with Crippen molar-refractivity contribution in [3.8, 4) is 44.9 Å². The molecule has 4 aromatic heterocycles. The number of aromatic nitrogens is 4. The van der Waals surface area contributed by atoms with Gasteiger partial charge in [0, 0.05) is 105 Å². The number of rotatable bonds is 8. The van der Waals surface area contributed by atoms with Crippen LogP contribution >= 0.6 is 0 Å². The van der Waals surface area contributed by atoms with Crippen molar-refractivity contribution in [2.75, 3.05) is 0 Å². The normalized spacial score (nSPS) is 10.9. The fourth-order valence-corrected chi connectivity index (χ4v) is 12.9. The zero-order valence-electron chi connectivity index (χ0n) is 65.7. The van der Waals surface area contributed by atoms with Crippen molar-refractivity contribution in [2.45, 2.75) is 55.4 Å². The molecule has 18 aromatic rings. The Morgan fingerprint density at radius 2 is 0.686 bits per heavy atom. The fraction of sp³-hybridized carbons (Fsp3) is 0.0784. The molecular weight excluding hydrogens is 2180 g/mol. The topological polar surface area (TPSA) is 201 Å². The van der Waals surface area contributed by atoms with Gasteiger partial charge in [-0.2, -0.15) is 0 Å². The molecule has 0 aliphatic rings. The summed E-state index contributed by atoms with van der Waals surface area (Å²) in [5, 5.41) is 51.6. The van der Waals surface area contributed by atoms with E-state index in [1.165, 1.54) is 150 Å². The number of para-hydroxylation sites is 4. The van der Waals surface area contributed by atoms with Crippen LogP contribution in [0.15, 0.2) is 351 Å².